The highest BCUT2D eigenvalue weighted by atomic mass is 35.5. The van der Waals surface area contributed by atoms with E-state index < -0.39 is 10.5 Å². The SMILES string of the molecule is NC1(COc2ncc(Cl)cc2[N+](=O)[O-])CCCCC1. The number of nitrogens with zero attached hydrogens (tertiary/aromatic N) is 2. The maximum Gasteiger partial charge on any atom is 0.332 e. The van der Waals surface area contributed by atoms with Gasteiger partial charge in [-0.25, -0.2) is 4.98 Å². The summed E-state index contributed by atoms with van der Waals surface area (Å²) in [4.78, 5) is 14.2. The lowest BCUT2D eigenvalue weighted by atomic mass is 9.83. The minimum absolute atomic E-state index is 0.0233. The van der Waals surface area contributed by atoms with E-state index in [0.717, 1.165) is 25.7 Å². The zero-order valence-corrected chi connectivity index (χ0v) is 11.2. The molecule has 0 saturated heterocycles. The normalized spacial score (nSPS) is 18.0. The molecule has 0 atom stereocenters. The van der Waals surface area contributed by atoms with Crippen LogP contribution in [0.5, 0.6) is 5.88 Å². The molecule has 1 aliphatic rings. The van der Waals surface area contributed by atoms with E-state index in [1.54, 1.807) is 0 Å². The van der Waals surface area contributed by atoms with Crippen molar-refractivity contribution in [1.82, 2.24) is 4.98 Å². The van der Waals surface area contributed by atoms with Gasteiger partial charge in [0.05, 0.1) is 21.7 Å². The van der Waals surface area contributed by atoms with Gasteiger partial charge in [0, 0.05) is 6.07 Å². The average molecular weight is 286 g/mol. The van der Waals surface area contributed by atoms with Gasteiger partial charge in [-0.2, -0.15) is 0 Å². The fourth-order valence-corrected chi connectivity index (χ4v) is 2.42. The van der Waals surface area contributed by atoms with Crippen molar-refractivity contribution in [1.29, 1.82) is 0 Å². The monoisotopic (exact) mass is 285 g/mol. The first kappa shape index (κ1) is 14.0. The summed E-state index contributed by atoms with van der Waals surface area (Å²) in [6.07, 6.45) is 6.38. The van der Waals surface area contributed by atoms with Gasteiger partial charge in [-0.3, -0.25) is 10.1 Å². The van der Waals surface area contributed by atoms with Gasteiger partial charge in [0.1, 0.15) is 6.61 Å². The van der Waals surface area contributed by atoms with Crippen molar-refractivity contribution in [3.63, 3.8) is 0 Å². The van der Waals surface area contributed by atoms with E-state index in [0.29, 0.717) is 0 Å². The highest BCUT2D eigenvalue weighted by Crippen LogP contribution is 2.30. The predicted molar refractivity (Wildman–Crippen MR) is 71.4 cm³/mol. The fourth-order valence-electron chi connectivity index (χ4n) is 2.27. The van der Waals surface area contributed by atoms with Crippen LogP contribution in [0.1, 0.15) is 32.1 Å². The second-order valence-electron chi connectivity index (χ2n) is 4.95. The van der Waals surface area contributed by atoms with Crippen molar-refractivity contribution in [2.45, 2.75) is 37.6 Å². The zero-order valence-electron chi connectivity index (χ0n) is 10.5. The molecule has 0 bridgehead atoms. The maximum absolute atomic E-state index is 10.9. The van der Waals surface area contributed by atoms with E-state index in [9.17, 15) is 10.1 Å². The molecule has 2 rings (SSSR count). The van der Waals surface area contributed by atoms with Crippen LogP contribution in [0.25, 0.3) is 0 Å². The first-order valence-corrected chi connectivity index (χ1v) is 6.60. The van der Waals surface area contributed by atoms with E-state index in [-0.39, 0.29) is 23.2 Å². The van der Waals surface area contributed by atoms with E-state index in [1.165, 1.54) is 18.7 Å². The first-order valence-electron chi connectivity index (χ1n) is 6.22. The number of rotatable bonds is 4. The van der Waals surface area contributed by atoms with Gasteiger partial charge >= 0.3 is 5.69 Å². The zero-order chi connectivity index (χ0) is 13.9. The fraction of sp³-hybridized carbons (Fsp3) is 0.583. The summed E-state index contributed by atoms with van der Waals surface area (Å²) in [6, 6.07) is 1.23. The number of hydrogen-bond acceptors (Lipinski definition) is 5. The Morgan fingerprint density at radius 2 is 2.16 bits per heavy atom. The highest BCUT2D eigenvalue weighted by molar-refractivity contribution is 6.30. The summed E-state index contributed by atoms with van der Waals surface area (Å²) in [5, 5.41) is 11.1. The molecule has 0 amide bonds. The van der Waals surface area contributed by atoms with Gasteiger partial charge in [0.25, 0.3) is 5.88 Å². The molecule has 2 N–H and O–H groups in total. The molecule has 0 spiro atoms. The summed E-state index contributed by atoms with van der Waals surface area (Å²) in [5.74, 6) is -0.0233. The average Bonchev–Trinajstić information content (AvgIpc) is 2.38. The van der Waals surface area contributed by atoms with Crippen LogP contribution in [0, 0.1) is 10.1 Å². The Balaban J connectivity index is 2.08. The highest BCUT2D eigenvalue weighted by Gasteiger charge is 2.29. The van der Waals surface area contributed by atoms with Crippen LogP contribution in [-0.2, 0) is 0 Å². The quantitative estimate of drug-likeness (QED) is 0.678. The number of nitrogens with two attached hydrogens (primary N) is 1. The van der Waals surface area contributed by atoms with Crippen molar-refractivity contribution in [3.05, 3.63) is 27.4 Å². The number of ether oxygens (including phenoxy) is 1. The summed E-state index contributed by atoms with van der Waals surface area (Å²) in [5.41, 5.74) is 5.58. The number of nitro groups is 1. The molecule has 104 valence electrons. The number of aromatic nitrogens is 1. The molecule has 0 aliphatic heterocycles. The molecule has 19 heavy (non-hydrogen) atoms. The maximum atomic E-state index is 10.9. The van der Waals surface area contributed by atoms with Gasteiger partial charge < -0.3 is 10.5 Å². The van der Waals surface area contributed by atoms with Gasteiger partial charge in [-0.1, -0.05) is 30.9 Å². The van der Waals surface area contributed by atoms with Gasteiger partial charge in [-0.15, -0.1) is 0 Å². The summed E-state index contributed by atoms with van der Waals surface area (Å²) in [7, 11) is 0. The second-order valence-corrected chi connectivity index (χ2v) is 5.38. The Labute approximate surface area is 116 Å². The second kappa shape index (κ2) is 5.71. The Morgan fingerprint density at radius 3 is 2.79 bits per heavy atom. The summed E-state index contributed by atoms with van der Waals surface area (Å²) >= 11 is 5.69. The van der Waals surface area contributed by atoms with E-state index >= 15 is 0 Å². The van der Waals surface area contributed by atoms with Crippen molar-refractivity contribution < 1.29 is 9.66 Å². The van der Waals surface area contributed by atoms with Crippen LogP contribution in [0.3, 0.4) is 0 Å². The van der Waals surface area contributed by atoms with Crippen LogP contribution in [0.4, 0.5) is 5.69 Å². The van der Waals surface area contributed by atoms with E-state index in [1.807, 2.05) is 0 Å². The van der Waals surface area contributed by atoms with Crippen molar-refractivity contribution in [2.24, 2.45) is 5.73 Å². The molecular formula is C12H16ClN3O3. The largest absolute Gasteiger partial charge is 0.471 e. The topological polar surface area (TPSA) is 91.3 Å². The Kier molecular flexibility index (Phi) is 4.21. The van der Waals surface area contributed by atoms with Crippen LogP contribution in [-0.4, -0.2) is 22.1 Å². The lowest BCUT2D eigenvalue weighted by Crippen LogP contribution is -2.47. The first-order chi connectivity index (χ1) is 9.00. The third-order valence-electron chi connectivity index (χ3n) is 3.34. The number of halogens is 1. The van der Waals surface area contributed by atoms with Crippen LogP contribution in [0.2, 0.25) is 5.02 Å². The number of hydrogen-bond donors (Lipinski definition) is 1. The minimum atomic E-state index is -0.557. The molecule has 0 radical (unpaired) electrons. The molecular weight excluding hydrogens is 270 g/mol. The van der Waals surface area contributed by atoms with Gasteiger partial charge in [0.15, 0.2) is 0 Å². The van der Waals surface area contributed by atoms with Crippen molar-refractivity contribution in [2.75, 3.05) is 6.61 Å². The van der Waals surface area contributed by atoms with Gasteiger partial charge in [-0.05, 0) is 12.8 Å². The molecule has 0 unspecified atom stereocenters. The molecule has 0 aromatic carbocycles. The van der Waals surface area contributed by atoms with Crippen LogP contribution < -0.4 is 10.5 Å². The summed E-state index contributed by atoms with van der Waals surface area (Å²) in [6.45, 7) is 0.239. The standard InChI is InChI=1S/C12H16ClN3O3/c13-9-6-10(16(17)18)11(15-7-9)19-8-12(14)4-2-1-3-5-12/h6-7H,1-5,8,14H2. The van der Waals surface area contributed by atoms with Crippen LogP contribution >= 0.6 is 11.6 Å². The summed E-state index contributed by atoms with van der Waals surface area (Å²) < 4.78 is 5.46. The third-order valence-corrected chi connectivity index (χ3v) is 3.55. The van der Waals surface area contributed by atoms with Crippen molar-refractivity contribution >= 4 is 17.3 Å². The third kappa shape index (κ3) is 3.54. The lowest BCUT2D eigenvalue weighted by Gasteiger charge is -2.32. The molecule has 1 aliphatic carbocycles. The molecule has 7 heteroatoms. The van der Waals surface area contributed by atoms with Crippen LogP contribution in [0.15, 0.2) is 12.3 Å². The Morgan fingerprint density at radius 1 is 1.47 bits per heavy atom. The molecule has 6 nitrogen and oxygen atoms in total. The number of pyridine rings is 1. The molecule has 1 aromatic heterocycles. The van der Waals surface area contributed by atoms with Gasteiger partial charge in [0.2, 0.25) is 0 Å². The molecule has 1 saturated carbocycles. The lowest BCUT2D eigenvalue weighted by molar-refractivity contribution is -0.386. The van der Waals surface area contributed by atoms with E-state index in [4.69, 9.17) is 22.1 Å². The minimum Gasteiger partial charge on any atom is -0.471 e. The Hall–Kier alpha value is -1.40. The van der Waals surface area contributed by atoms with E-state index in [2.05, 4.69) is 4.98 Å². The molecule has 1 aromatic rings. The van der Waals surface area contributed by atoms with Crippen molar-refractivity contribution in [3.8, 4) is 5.88 Å². The smallest absolute Gasteiger partial charge is 0.332 e. The predicted octanol–water partition coefficient (Wildman–Crippen LogP) is 2.68. The molecule has 1 heterocycles. The molecule has 1 fully saturated rings. The Bertz CT molecular complexity index is 475.